The number of benzene rings is 2. The Balaban J connectivity index is 2.00. The van der Waals surface area contributed by atoms with Crippen LogP contribution < -0.4 is 14.4 Å². The summed E-state index contributed by atoms with van der Waals surface area (Å²) in [6.45, 7) is 8.59. The minimum Gasteiger partial charge on any atom is -0.490 e. The van der Waals surface area contributed by atoms with E-state index in [1.807, 2.05) is 26.0 Å². The third-order valence-corrected chi connectivity index (χ3v) is 5.37. The lowest BCUT2D eigenvalue weighted by molar-refractivity contribution is -0.113. The first-order valence-corrected chi connectivity index (χ1v) is 10.7. The number of allylic oxidation sites excluding steroid dienone is 1. The molecule has 1 saturated heterocycles. The molecule has 3 rings (SSSR count). The number of ether oxygens (including phenoxy) is 2. The van der Waals surface area contributed by atoms with Crippen LogP contribution in [0.25, 0.3) is 6.08 Å². The van der Waals surface area contributed by atoms with Gasteiger partial charge in [-0.3, -0.25) is 9.59 Å². The number of amides is 2. The van der Waals surface area contributed by atoms with Crippen LogP contribution in [-0.4, -0.2) is 24.4 Å². The number of halogens is 1. The number of carbonyl (C=O) groups excluding carboxylic acids is 2. The van der Waals surface area contributed by atoms with Gasteiger partial charge in [-0.2, -0.15) is 0 Å². The monoisotopic (exact) mass is 443 g/mol. The highest BCUT2D eigenvalue weighted by atomic mass is 35.5. The van der Waals surface area contributed by atoms with Crippen LogP contribution in [0.2, 0.25) is 5.02 Å². The lowest BCUT2D eigenvalue weighted by Crippen LogP contribution is -2.27. The van der Waals surface area contributed by atoms with Crippen LogP contribution in [0.15, 0.2) is 54.0 Å². The maximum atomic E-state index is 12.9. The Kier molecular flexibility index (Phi) is 7.24. The Morgan fingerprint density at radius 3 is 2.57 bits per heavy atom. The fraction of sp³-hybridized carbons (Fsp3) is 0.217. The summed E-state index contributed by atoms with van der Waals surface area (Å²) in [5.41, 5.74) is 2.09. The van der Waals surface area contributed by atoms with Crippen LogP contribution in [-0.2, 0) is 11.2 Å². The van der Waals surface area contributed by atoms with Crippen molar-refractivity contribution in [1.29, 1.82) is 0 Å². The number of thioether (sulfide) groups is 1. The van der Waals surface area contributed by atoms with Gasteiger partial charge < -0.3 is 9.47 Å². The molecule has 0 saturated carbocycles. The summed E-state index contributed by atoms with van der Waals surface area (Å²) in [6, 6.07) is 10.4. The zero-order valence-electron chi connectivity index (χ0n) is 16.8. The molecule has 1 fully saturated rings. The maximum absolute atomic E-state index is 12.9. The lowest BCUT2D eigenvalue weighted by atomic mass is 10.0. The first kappa shape index (κ1) is 22.0. The lowest BCUT2D eigenvalue weighted by Gasteiger charge is -2.16. The molecule has 1 aliphatic heterocycles. The van der Waals surface area contributed by atoms with Gasteiger partial charge in [0.15, 0.2) is 11.5 Å². The number of rotatable bonds is 8. The minimum atomic E-state index is -0.385. The Hall–Kier alpha value is -2.70. The third-order valence-electron chi connectivity index (χ3n) is 4.26. The van der Waals surface area contributed by atoms with E-state index in [1.165, 1.54) is 0 Å². The van der Waals surface area contributed by atoms with E-state index < -0.39 is 0 Å². The van der Waals surface area contributed by atoms with Gasteiger partial charge in [-0.15, -0.1) is 6.58 Å². The molecule has 5 nitrogen and oxygen atoms in total. The summed E-state index contributed by atoms with van der Waals surface area (Å²) in [5.74, 6) is 0.881. The smallest absolute Gasteiger partial charge is 0.298 e. The zero-order chi connectivity index (χ0) is 21.7. The molecule has 0 radical (unpaired) electrons. The van der Waals surface area contributed by atoms with E-state index in [2.05, 4.69) is 6.58 Å². The number of nitrogens with zero attached hydrogens (tertiary/aromatic N) is 1. The summed E-state index contributed by atoms with van der Waals surface area (Å²) in [6.07, 6.45) is 4.06. The second-order valence-electron chi connectivity index (χ2n) is 6.36. The maximum Gasteiger partial charge on any atom is 0.298 e. The van der Waals surface area contributed by atoms with Crippen LogP contribution in [0.1, 0.15) is 25.0 Å². The van der Waals surface area contributed by atoms with E-state index in [1.54, 1.807) is 36.4 Å². The second kappa shape index (κ2) is 9.87. The molecule has 0 bridgehead atoms. The van der Waals surface area contributed by atoms with Crippen molar-refractivity contribution in [2.45, 2.75) is 20.3 Å². The Morgan fingerprint density at radius 1 is 1.13 bits per heavy atom. The van der Waals surface area contributed by atoms with Gasteiger partial charge in [0.1, 0.15) is 0 Å². The molecule has 30 heavy (non-hydrogen) atoms. The standard InChI is InChI=1S/C23H22ClNO4S/c1-4-8-16-11-15(12-19(28-5-2)21(16)29-6-3)13-20-22(26)25(23(27)30-20)18-10-7-9-17(24)14-18/h4,7,9-14H,1,5-6,8H2,2-3H3/b20-13+. The van der Waals surface area contributed by atoms with E-state index in [4.69, 9.17) is 21.1 Å². The highest BCUT2D eigenvalue weighted by molar-refractivity contribution is 8.19. The van der Waals surface area contributed by atoms with Gasteiger partial charge in [0.05, 0.1) is 23.8 Å². The van der Waals surface area contributed by atoms with Crippen molar-refractivity contribution in [2.75, 3.05) is 18.1 Å². The number of anilines is 1. The fourth-order valence-electron chi connectivity index (χ4n) is 3.10. The first-order valence-electron chi connectivity index (χ1n) is 9.55. The third kappa shape index (κ3) is 4.71. The van der Waals surface area contributed by atoms with Gasteiger partial charge in [-0.1, -0.05) is 23.7 Å². The largest absolute Gasteiger partial charge is 0.490 e. The van der Waals surface area contributed by atoms with Gasteiger partial charge >= 0.3 is 0 Å². The van der Waals surface area contributed by atoms with Crippen molar-refractivity contribution < 1.29 is 19.1 Å². The van der Waals surface area contributed by atoms with Crippen molar-refractivity contribution in [1.82, 2.24) is 0 Å². The van der Waals surface area contributed by atoms with Gasteiger partial charge in [0.2, 0.25) is 0 Å². The van der Waals surface area contributed by atoms with E-state index in [0.717, 1.165) is 27.8 Å². The zero-order valence-corrected chi connectivity index (χ0v) is 18.4. The minimum absolute atomic E-state index is 0.330. The molecule has 2 aromatic rings. The summed E-state index contributed by atoms with van der Waals surface area (Å²) in [5, 5.41) is 0.0910. The molecule has 0 N–H and O–H groups in total. The SMILES string of the molecule is C=CCc1cc(/C=C2/SC(=O)N(c3cccc(Cl)c3)C2=O)cc(OCC)c1OCC. The van der Waals surface area contributed by atoms with E-state index >= 15 is 0 Å². The topological polar surface area (TPSA) is 55.8 Å². The molecule has 1 aliphatic rings. The molecular weight excluding hydrogens is 422 g/mol. The Bertz CT molecular complexity index is 1020. The molecule has 0 atom stereocenters. The molecule has 156 valence electrons. The molecular formula is C23H22ClNO4S. The molecule has 7 heteroatoms. The molecule has 0 unspecified atom stereocenters. The van der Waals surface area contributed by atoms with Crippen LogP contribution in [0.3, 0.4) is 0 Å². The van der Waals surface area contributed by atoms with Crippen molar-refractivity contribution in [2.24, 2.45) is 0 Å². The first-order chi connectivity index (χ1) is 14.5. The summed E-state index contributed by atoms with van der Waals surface area (Å²) in [4.78, 5) is 26.9. The van der Waals surface area contributed by atoms with Crippen LogP contribution in [0.4, 0.5) is 10.5 Å². The summed E-state index contributed by atoms with van der Waals surface area (Å²) >= 11 is 6.91. The van der Waals surface area contributed by atoms with Crippen molar-refractivity contribution >= 4 is 46.3 Å². The number of imide groups is 1. The summed E-state index contributed by atoms with van der Waals surface area (Å²) < 4.78 is 11.5. The average Bonchev–Trinajstić information content (AvgIpc) is 2.98. The van der Waals surface area contributed by atoms with E-state index in [0.29, 0.717) is 46.7 Å². The van der Waals surface area contributed by atoms with E-state index in [9.17, 15) is 9.59 Å². The average molecular weight is 444 g/mol. The van der Waals surface area contributed by atoms with Gasteiger partial charge in [-0.05, 0) is 74.0 Å². The highest BCUT2D eigenvalue weighted by Crippen LogP contribution is 2.39. The highest BCUT2D eigenvalue weighted by Gasteiger charge is 2.36. The molecule has 1 heterocycles. The summed E-state index contributed by atoms with van der Waals surface area (Å²) in [7, 11) is 0. The Labute approximate surface area is 185 Å². The van der Waals surface area contributed by atoms with Gasteiger partial charge in [-0.25, -0.2) is 4.90 Å². The molecule has 0 aliphatic carbocycles. The Morgan fingerprint density at radius 2 is 1.90 bits per heavy atom. The fourth-order valence-corrected chi connectivity index (χ4v) is 4.13. The van der Waals surface area contributed by atoms with Crippen LogP contribution in [0.5, 0.6) is 11.5 Å². The van der Waals surface area contributed by atoms with Gasteiger partial charge in [0.25, 0.3) is 11.1 Å². The van der Waals surface area contributed by atoms with E-state index in [-0.39, 0.29) is 11.1 Å². The van der Waals surface area contributed by atoms with Crippen molar-refractivity contribution in [3.05, 3.63) is 70.1 Å². The molecule has 2 amide bonds. The quantitative estimate of drug-likeness (QED) is 0.364. The number of hydrogen-bond acceptors (Lipinski definition) is 5. The van der Waals surface area contributed by atoms with Crippen molar-refractivity contribution in [3.8, 4) is 11.5 Å². The molecule has 0 aromatic heterocycles. The number of hydrogen-bond donors (Lipinski definition) is 0. The second-order valence-corrected chi connectivity index (χ2v) is 7.79. The predicted octanol–water partition coefficient (Wildman–Crippen LogP) is 6.11. The predicted molar refractivity (Wildman–Crippen MR) is 123 cm³/mol. The number of carbonyl (C=O) groups is 2. The molecule has 0 spiro atoms. The van der Waals surface area contributed by atoms with Gasteiger partial charge in [0, 0.05) is 10.6 Å². The normalized spacial score (nSPS) is 15.0. The van der Waals surface area contributed by atoms with Crippen LogP contribution in [0, 0.1) is 0 Å². The van der Waals surface area contributed by atoms with Crippen molar-refractivity contribution in [3.63, 3.8) is 0 Å². The molecule has 2 aromatic carbocycles. The van der Waals surface area contributed by atoms with Crippen LogP contribution >= 0.6 is 23.4 Å².